The van der Waals surface area contributed by atoms with Gasteiger partial charge >= 0.3 is 0 Å². The molecule has 5 heteroatoms. The zero-order valence-corrected chi connectivity index (χ0v) is 12.6. The van der Waals surface area contributed by atoms with Gasteiger partial charge in [-0.2, -0.15) is 0 Å². The third kappa shape index (κ3) is 5.48. The van der Waals surface area contributed by atoms with Crippen molar-refractivity contribution in [2.45, 2.75) is 20.3 Å². The Hall–Kier alpha value is -1.75. The average molecular weight is 279 g/mol. The standard InChI is InChI=1S/C15H25N3O2/c1-4-16-15(18-9-10-19)17-8-7-13-11-12(2)5-6-14(13)20-3/h5-6,11,19H,4,7-10H2,1-3H3,(H2,16,17,18). The quantitative estimate of drug-likeness (QED) is 0.516. The van der Waals surface area contributed by atoms with Crippen molar-refractivity contribution in [3.8, 4) is 5.75 Å². The molecule has 0 bridgehead atoms. The van der Waals surface area contributed by atoms with E-state index in [0.29, 0.717) is 6.54 Å². The lowest BCUT2D eigenvalue weighted by Gasteiger charge is -2.13. The monoisotopic (exact) mass is 279 g/mol. The summed E-state index contributed by atoms with van der Waals surface area (Å²) in [6.45, 7) is 6.11. The van der Waals surface area contributed by atoms with Crippen LogP contribution in [-0.4, -0.2) is 44.4 Å². The molecule has 0 saturated heterocycles. The first kappa shape index (κ1) is 16.3. The van der Waals surface area contributed by atoms with Crippen molar-refractivity contribution in [2.75, 3.05) is 33.4 Å². The highest BCUT2D eigenvalue weighted by atomic mass is 16.5. The van der Waals surface area contributed by atoms with Gasteiger partial charge in [0.15, 0.2) is 5.96 Å². The van der Waals surface area contributed by atoms with Crippen LogP contribution in [0.3, 0.4) is 0 Å². The number of aliphatic hydroxyl groups excluding tert-OH is 1. The van der Waals surface area contributed by atoms with E-state index in [1.807, 2.05) is 19.1 Å². The van der Waals surface area contributed by atoms with Gasteiger partial charge in [0, 0.05) is 13.1 Å². The number of hydrogen-bond acceptors (Lipinski definition) is 3. The molecule has 1 rings (SSSR count). The fourth-order valence-electron chi connectivity index (χ4n) is 1.92. The van der Waals surface area contributed by atoms with Crippen LogP contribution >= 0.6 is 0 Å². The van der Waals surface area contributed by atoms with Crippen LogP contribution in [0.2, 0.25) is 0 Å². The molecule has 0 aliphatic rings. The summed E-state index contributed by atoms with van der Waals surface area (Å²) in [7, 11) is 1.69. The summed E-state index contributed by atoms with van der Waals surface area (Å²) in [5.74, 6) is 1.64. The lowest BCUT2D eigenvalue weighted by molar-refractivity contribution is 0.306. The van der Waals surface area contributed by atoms with Crippen LogP contribution in [0.5, 0.6) is 5.75 Å². The lowest BCUT2D eigenvalue weighted by atomic mass is 10.1. The SMILES string of the molecule is CCNC(=NCCO)NCCc1cc(C)ccc1OC. The predicted molar refractivity (Wildman–Crippen MR) is 82.5 cm³/mol. The average Bonchev–Trinajstić information content (AvgIpc) is 2.45. The molecular formula is C15H25N3O2. The zero-order valence-electron chi connectivity index (χ0n) is 12.6. The fraction of sp³-hybridized carbons (Fsp3) is 0.533. The second kappa shape index (κ2) is 9.20. The Morgan fingerprint density at radius 3 is 2.80 bits per heavy atom. The molecule has 0 radical (unpaired) electrons. The summed E-state index contributed by atoms with van der Waals surface area (Å²) >= 11 is 0. The third-order valence-electron chi connectivity index (χ3n) is 2.84. The number of ether oxygens (including phenoxy) is 1. The topological polar surface area (TPSA) is 65.9 Å². The van der Waals surface area contributed by atoms with Crippen LogP contribution in [0.25, 0.3) is 0 Å². The van der Waals surface area contributed by atoms with Gasteiger partial charge in [-0.25, -0.2) is 0 Å². The van der Waals surface area contributed by atoms with Crippen molar-refractivity contribution in [2.24, 2.45) is 4.99 Å². The number of hydrogen-bond donors (Lipinski definition) is 3. The molecule has 0 aromatic heterocycles. The molecule has 0 atom stereocenters. The molecule has 5 nitrogen and oxygen atoms in total. The second-order valence-corrected chi connectivity index (χ2v) is 4.48. The van der Waals surface area contributed by atoms with Gasteiger partial charge in [0.2, 0.25) is 0 Å². The van der Waals surface area contributed by atoms with Gasteiger partial charge in [-0.15, -0.1) is 0 Å². The molecule has 0 unspecified atom stereocenters. The van der Waals surface area contributed by atoms with Gasteiger partial charge in [-0.1, -0.05) is 17.7 Å². The van der Waals surface area contributed by atoms with Crippen LogP contribution in [0.1, 0.15) is 18.1 Å². The molecule has 3 N–H and O–H groups in total. The summed E-state index contributed by atoms with van der Waals surface area (Å²) in [4.78, 5) is 4.24. The molecule has 112 valence electrons. The molecule has 0 fully saturated rings. The molecule has 0 heterocycles. The number of guanidine groups is 1. The molecule has 20 heavy (non-hydrogen) atoms. The molecule has 0 aliphatic heterocycles. The van der Waals surface area contributed by atoms with E-state index in [1.165, 1.54) is 11.1 Å². The minimum Gasteiger partial charge on any atom is -0.496 e. The molecule has 0 saturated carbocycles. The van der Waals surface area contributed by atoms with E-state index in [2.05, 4.69) is 28.6 Å². The molecule has 1 aromatic rings. The van der Waals surface area contributed by atoms with E-state index in [0.717, 1.165) is 31.2 Å². The Morgan fingerprint density at radius 2 is 2.15 bits per heavy atom. The Morgan fingerprint density at radius 1 is 1.35 bits per heavy atom. The maximum Gasteiger partial charge on any atom is 0.191 e. The number of nitrogens with one attached hydrogen (secondary N) is 2. The highest BCUT2D eigenvalue weighted by molar-refractivity contribution is 5.79. The first-order chi connectivity index (χ1) is 9.71. The van der Waals surface area contributed by atoms with Crippen LogP contribution in [-0.2, 0) is 6.42 Å². The van der Waals surface area contributed by atoms with Crippen molar-refractivity contribution in [1.29, 1.82) is 0 Å². The van der Waals surface area contributed by atoms with Crippen molar-refractivity contribution in [3.05, 3.63) is 29.3 Å². The highest BCUT2D eigenvalue weighted by Gasteiger charge is 2.03. The molecular weight excluding hydrogens is 254 g/mol. The number of nitrogens with zero attached hydrogens (tertiary/aromatic N) is 1. The lowest BCUT2D eigenvalue weighted by Crippen LogP contribution is -2.38. The van der Waals surface area contributed by atoms with Gasteiger partial charge in [0.05, 0.1) is 20.3 Å². The summed E-state index contributed by atoms with van der Waals surface area (Å²) in [6, 6.07) is 6.18. The van der Waals surface area contributed by atoms with E-state index in [4.69, 9.17) is 9.84 Å². The Balaban J connectivity index is 2.55. The summed E-state index contributed by atoms with van der Waals surface area (Å²) in [6.07, 6.45) is 0.856. The number of aliphatic hydroxyl groups is 1. The minimum absolute atomic E-state index is 0.0578. The number of aliphatic imine (C=N–C) groups is 1. The van der Waals surface area contributed by atoms with Crippen molar-refractivity contribution in [3.63, 3.8) is 0 Å². The van der Waals surface area contributed by atoms with Crippen LogP contribution < -0.4 is 15.4 Å². The van der Waals surface area contributed by atoms with Gasteiger partial charge in [0.25, 0.3) is 0 Å². The number of methoxy groups -OCH3 is 1. The van der Waals surface area contributed by atoms with E-state index in [9.17, 15) is 0 Å². The van der Waals surface area contributed by atoms with Crippen LogP contribution in [0.4, 0.5) is 0 Å². The maximum absolute atomic E-state index is 8.81. The number of benzene rings is 1. The van der Waals surface area contributed by atoms with Crippen LogP contribution in [0.15, 0.2) is 23.2 Å². The summed E-state index contributed by atoms with van der Waals surface area (Å²) in [5, 5.41) is 15.2. The van der Waals surface area contributed by atoms with Gasteiger partial charge < -0.3 is 20.5 Å². The minimum atomic E-state index is 0.0578. The van der Waals surface area contributed by atoms with E-state index >= 15 is 0 Å². The highest BCUT2D eigenvalue weighted by Crippen LogP contribution is 2.19. The van der Waals surface area contributed by atoms with Crippen LogP contribution in [0, 0.1) is 6.92 Å². The maximum atomic E-state index is 8.81. The Bertz CT molecular complexity index is 433. The number of aryl methyl sites for hydroxylation is 1. The van der Waals surface area contributed by atoms with E-state index < -0.39 is 0 Å². The second-order valence-electron chi connectivity index (χ2n) is 4.48. The first-order valence-electron chi connectivity index (χ1n) is 6.97. The molecule has 0 spiro atoms. The summed E-state index contributed by atoms with van der Waals surface area (Å²) < 4.78 is 5.36. The van der Waals surface area contributed by atoms with Crippen molar-refractivity contribution >= 4 is 5.96 Å². The first-order valence-corrected chi connectivity index (χ1v) is 6.97. The normalized spacial score (nSPS) is 11.3. The molecule has 1 aromatic carbocycles. The fourth-order valence-corrected chi connectivity index (χ4v) is 1.92. The Labute approximate surface area is 121 Å². The third-order valence-corrected chi connectivity index (χ3v) is 2.84. The Kier molecular flexibility index (Phi) is 7.50. The smallest absolute Gasteiger partial charge is 0.191 e. The number of rotatable bonds is 7. The van der Waals surface area contributed by atoms with Crippen molar-refractivity contribution in [1.82, 2.24) is 10.6 Å². The van der Waals surface area contributed by atoms with E-state index in [-0.39, 0.29) is 6.61 Å². The van der Waals surface area contributed by atoms with Crippen molar-refractivity contribution < 1.29 is 9.84 Å². The van der Waals surface area contributed by atoms with Gasteiger partial charge in [-0.3, -0.25) is 4.99 Å². The van der Waals surface area contributed by atoms with Gasteiger partial charge in [0.1, 0.15) is 5.75 Å². The zero-order chi connectivity index (χ0) is 14.8. The predicted octanol–water partition coefficient (Wildman–Crippen LogP) is 1.09. The van der Waals surface area contributed by atoms with E-state index in [1.54, 1.807) is 7.11 Å². The van der Waals surface area contributed by atoms with Gasteiger partial charge in [-0.05, 0) is 31.9 Å². The summed E-state index contributed by atoms with van der Waals surface area (Å²) in [5.41, 5.74) is 2.40. The molecule has 0 amide bonds. The largest absolute Gasteiger partial charge is 0.496 e. The molecule has 0 aliphatic carbocycles.